The van der Waals surface area contributed by atoms with Gasteiger partial charge in [0.15, 0.2) is 0 Å². The summed E-state index contributed by atoms with van der Waals surface area (Å²) in [5.41, 5.74) is 0.897. The van der Waals surface area contributed by atoms with Gasteiger partial charge in [0.05, 0.1) is 12.0 Å². The molecule has 0 saturated heterocycles. The van der Waals surface area contributed by atoms with Gasteiger partial charge < -0.3 is 14.3 Å². The minimum atomic E-state index is -1.26. The molecular weight excluding hydrogens is 250 g/mol. The van der Waals surface area contributed by atoms with Crippen molar-refractivity contribution in [3.05, 3.63) is 54.0 Å². The molecule has 0 bridgehead atoms. The van der Waals surface area contributed by atoms with E-state index in [2.05, 4.69) is 5.32 Å². The van der Waals surface area contributed by atoms with E-state index in [1.807, 2.05) is 30.3 Å². The Balaban J connectivity index is 1.91. The molecule has 1 heterocycles. The van der Waals surface area contributed by atoms with Gasteiger partial charge in [0.25, 0.3) is 0 Å². The second kappa shape index (κ2) is 5.72. The van der Waals surface area contributed by atoms with Gasteiger partial charge in [-0.2, -0.15) is 0 Å². The van der Waals surface area contributed by atoms with Crippen molar-refractivity contribution < 1.29 is 23.8 Å². The number of nitrogens with one attached hydrogen (secondary N) is 1. The zero-order valence-electron chi connectivity index (χ0n) is 9.83. The molecule has 1 amide bonds. The summed E-state index contributed by atoms with van der Waals surface area (Å²) in [5.74, 6) is -1.60. The van der Waals surface area contributed by atoms with Gasteiger partial charge >= 0.3 is 12.1 Å². The molecule has 2 aromatic rings. The molecule has 0 aliphatic rings. The van der Waals surface area contributed by atoms with Crippen molar-refractivity contribution in [3.8, 4) is 0 Å². The lowest BCUT2D eigenvalue weighted by atomic mass is 10.2. The highest BCUT2D eigenvalue weighted by atomic mass is 16.5. The molecule has 2 rings (SSSR count). The van der Waals surface area contributed by atoms with E-state index in [1.54, 1.807) is 0 Å². The minimum Gasteiger partial charge on any atom is -0.475 e. The smallest absolute Gasteiger partial charge is 0.412 e. The van der Waals surface area contributed by atoms with Crippen LogP contribution in [0.25, 0.3) is 0 Å². The van der Waals surface area contributed by atoms with E-state index in [4.69, 9.17) is 14.3 Å². The number of carboxylic acids is 1. The number of benzene rings is 1. The SMILES string of the molecule is O=C(Nc1ccoc1C(=O)O)OCc1ccccc1. The van der Waals surface area contributed by atoms with Crippen LogP contribution in [0.3, 0.4) is 0 Å². The maximum atomic E-state index is 11.5. The van der Waals surface area contributed by atoms with E-state index >= 15 is 0 Å². The molecule has 0 saturated carbocycles. The number of hydrogen-bond donors (Lipinski definition) is 2. The molecule has 0 spiro atoms. The largest absolute Gasteiger partial charge is 0.475 e. The molecule has 0 radical (unpaired) electrons. The summed E-state index contributed by atoms with van der Waals surface area (Å²) >= 11 is 0. The Hall–Kier alpha value is -2.76. The number of carbonyl (C=O) groups is 2. The van der Waals surface area contributed by atoms with E-state index in [-0.39, 0.29) is 18.1 Å². The van der Waals surface area contributed by atoms with Crippen LogP contribution in [-0.4, -0.2) is 17.2 Å². The molecule has 0 fully saturated rings. The van der Waals surface area contributed by atoms with Crippen molar-refractivity contribution in [2.24, 2.45) is 0 Å². The first-order chi connectivity index (χ1) is 9.16. The van der Waals surface area contributed by atoms with Crippen molar-refractivity contribution in [2.75, 3.05) is 5.32 Å². The normalized spacial score (nSPS) is 9.89. The van der Waals surface area contributed by atoms with E-state index in [9.17, 15) is 9.59 Å². The number of ether oxygens (including phenoxy) is 1. The first-order valence-electron chi connectivity index (χ1n) is 5.45. The van der Waals surface area contributed by atoms with Crippen LogP contribution in [0.15, 0.2) is 47.1 Å². The fourth-order valence-electron chi connectivity index (χ4n) is 1.44. The van der Waals surface area contributed by atoms with Crippen molar-refractivity contribution in [1.82, 2.24) is 0 Å². The van der Waals surface area contributed by atoms with Crippen LogP contribution in [0, 0.1) is 0 Å². The minimum absolute atomic E-state index is 0.0607. The second-order valence-electron chi connectivity index (χ2n) is 3.66. The third-order valence-corrected chi connectivity index (χ3v) is 2.31. The first kappa shape index (κ1) is 12.7. The molecule has 0 atom stereocenters. The zero-order chi connectivity index (χ0) is 13.7. The number of carbonyl (C=O) groups excluding carboxylic acids is 1. The number of rotatable bonds is 4. The van der Waals surface area contributed by atoms with Gasteiger partial charge in [-0.15, -0.1) is 0 Å². The summed E-state index contributed by atoms with van der Waals surface area (Å²) < 4.78 is 9.67. The van der Waals surface area contributed by atoms with Gasteiger partial charge in [-0.05, 0) is 5.56 Å². The van der Waals surface area contributed by atoms with Gasteiger partial charge in [-0.25, -0.2) is 9.59 Å². The molecular formula is C13H11NO5. The lowest BCUT2D eigenvalue weighted by Gasteiger charge is -2.05. The third kappa shape index (κ3) is 3.35. The van der Waals surface area contributed by atoms with Gasteiger partial charge in [0, 0.05) is 6.07 Å². The average Bonchev–Trinajstić information content (AvgIpc) is 2.86. The third-order valence-electron chi connectivity index (χ3n) is 2.31. The van der Waals surface area contributed by atoms with Crippen LogP contribution in [0.1, 0.15) is 16.1 Å². The highest BCUT2D eigenvalue weighted by Gasteiger charge is 2.16. The Kier molecular flexibility index (Phi) is 3.82. The van der Waals surface area contributed by atoms with E-state index in [0.29, 0.717) is 0 Å². The monoisotopic (exact) mass is 261 g/mol. The molecule has 1 aromatic heterocycles. The summed E-state index contributed by atoms with van der Waals surface area (Å²) in [5, 5.41) is 11.1. The maximum absolute atomic E-state index is 11.5. The average molecular weight is 261 g/mol. The summed E-state index contributed by atoms with van der Waals surface area (Å²) in [7, 11) is 0. The Morgan fingerprint density at radius 3 is 2.63 bits per heavy atom. The van der Waals surface area contributed by atoms with Crippen LogP contribution < -0.4 is 5.32 Å². The maximum Gasteiger partial charge on any atom is 0.412 e. The Bertz CT molecular complexity index is 576. The highest BCUT2D eigenvalue weighted by molar-refractivity contribution is 5.96. The van der Waals surface area contributed by atoms with E-state index < -0.39 is 12.1 Å². The lowest BCUT2D eigenvalue weighted by molar-refractivity contribution is 0.0664. The summed E-state index contributed by atoms with van der Waals surface area (Å²) in [4.78, 5) is 22.2. The molecule has 19 heavy (non-hydrogen) atoms. The molecule has 98 valence electrons. The van der Waals surface area contributed by atoms with Gasteiger partial charge in [0.2, 0.25) is 5.76 Å². The van der Waals surface area contributed by atoms with Gasteiger partial charge in [0.1, 0.15) is 6.61 Å². The van der Waals surface area contributed by atoms with Crippen LogP contribution in [-0.2, 0) is 11.3 Å². The fraction of sp³-hybridized carbons (Fsp3) is 0.0769. The lowest BCUT2D eigenvalue weighted by Crippen LogP contribution is -2.15. The number of furan rings is 1. The molecule has 2 N–H and O–H groups in total. The zero-order valence-corrected chi connectivity index (χ0v) is 9.83. The predicted octanol–water partition coefficient (Wildman–Crippen LogP) is 2.73. The number of amides is 1. The number of hydrogen-bond acceptors (Lipinski definition) is 4. The van der Waals surface area contributed by atoms with Crippen molar-refractivity contribution in [1.29, 1.82) is 0 Å². The number of carboxylic acid groups (broad SMARTS) is 1. The van der Waals surface area contributed by atoms with Crippen molar-refractivity contribution in [2.45, 2.75) is 6.61 Å². The number of aromatic carboxylic acids is 1. The van der Waals surface area contributed by atoms with Crippen LogP contribution in [0.2, 0.25) is 0 Å². The van der Waals surface area contributed by atoms with Crippen LogP contribution in [0.5, 0.6) is 0 Å². The molecule has 1 aromatic carbocycles. The standard InChI is InChI=1S/C13H11NO5/c15-12(16)11-10(6-7-18-11)14-13(17)19-8-9-4-2-1-3-5-9/h1-7H,8H2,(H,14,17)(H,15,16). The number of anilines is 1. The molecule has 0 aliphatic heterocycles. The Morgan fingerprint density at radius 1 is 1.21 bits per heavy atom. The Labute approximate surface area is 108 Å². The predicted molar refractivity (Wildman–Crippen MR) is 65.9 cm³/mol. The first-order valence-corrected chi connectivity index (χ1v) is 5.45. The van der Waals surface area contributed by atoms with Crippen LogP contribution >= 0.6 is 0 Å². The van der Waals surface area contributed by atoms with Gasteiger partial charge in [-0.1, -0.05) is 30.3 Å². The molecule has 6 heteroatoms. The molecule has 6 nitrogen and oxygen atoms in total. The molecule has 0 unspecified atom stereocenters. The second-order valence-corrected chi connectivity index (χ2v) is 3.66. The molecule has 0 aliphatic carbocycles. The summed E-state index contributed by atoms with van der Waals surface area (Å²) in [6.07, 6.45) is 0.434. The van der Waals surface area contributed by atoms with Crippen LogP contribution in [0.4, 0.5) is 10.5 Å². The Morgan fingerprint density at radius 2 is 1.95 bits per heavy atom. The summed E-state index contributed by atoms with van der Waals surface area (Å²) in [6.45, 7) is 0.104. The topological polar surface area (TPSA) is 88.8 Å². The van der Waals surface area contributed by atoms with E-state index in [0.717, 1.165) is 5.56 Å². The van der Waals surface area contributed by atoms with Crippen molar-refractivity contribution >= 4 is 17.7 Å². The van der Waals surface area contributed by atoms with Gasteiger partial charge in [-0.3, -0.25) is 5.32 Å². The fourth-order valence-corrected chi connectivity index (χ4v) is 1.44. The van der Waals surface area contributed by atoms with E-state index in [1.165, 1.54) is 12.3 Å². The highest BCUT2D eigenvalue weighted by Crippen LogP contribution is 2.17. The summed E-state index contributed by atoms with van der Waals surface area (Å²) in [6, 6.07) is 10.5. The quantitative estimate of drug-likeness (QED) is 0.883. The van der Waals surface area contributed by atoms with Crippen molar-refractivity contribution in [3.63, 3.8) is 0 Å².